The number of sulfonamides is 1. The molecule has 1 fully saturated rings. The van der Waals surface area contributed by atoms with E-state index in [1.807, 2.05) is 42.5 Å². The van der Waals surface area contributed by atoms with Gasteiger partial charge in [-0.15, -0.1) is 0 Å². The quantitative estimate of drug-likeness (QED) is 0.372. The number of nitrogens with one attached hydrogen (secondary N) is 2. The van der Waals surface area contributed by atoms with Crippen LogP contribution in [0.3, 0.4) is 0 Å². The highest BCUT2D eigenvalue weighted by atomic mass is 32.2. The van der Waals surface area contributed by atoms with Crippen LogP contribution in [0.25, 0.3) is 0 Å². The van der Waals surface area contributed by atoms with Gasteiger partial charge in [-0.1, -0.05) is 70.2 Å². The van der Waals surface area contributed by atoms with E-state index in [9.17, 15) is 17.6 Å². The summed E-state index contributed by atoms with van der Waals surface area (Å²) in [5.74, 6) is -0.244. The maximum absolute atomic E-state index is 14.9. The molecule has 1 atom stereocenters. The third kappa shape index (κ3) is 7.38. The fourth-order valence-corrected chi connectivity index (χ4v) is 5.51. The largest absolute Gasteiger partial charge is 0.356 e. The van der Waals surface area contributed by atoms with Crippen LogP contribution in [0.5, 0.6) is 0 Å². The SMILES string of the molecule is CC1CCN(c2nc(C(C)(C)C)ccc2CNC(=O)C(c2ccccc2)c2ccc(NS(C)(=O)=O)c(F)c2)CC1. The number of pyridine rings is 1. The Balaban J connectivity index is 1.63. The number of amides is 1. The molecule has 40 heavy (non-hydrogen) atoms. The minimum atomic E-state index is -3.65. The fourth-order valence-electron chi connectivity index (χ4n) is 4.95. The molecule has 9 heteroatoms. The molecule has 4 rings (SSSR count). The third-order valence-corrected chi connectivity index (χ3v) is 7.87. The van der Waals surface area contributed by atoms with E-state index in [2.05, 4.69) is 42.6 Å². The number of anilines is 2. The lowest BCUT2D eigenvalue weighted by atomic mass is 9.90. The number of rotatable bonds is 8. The summed E-state index contributed by atoms with van der Waals surface area (Å²) in [4.78, 5) is 21.1. The van der Waals surface area contributed by atoms with Crippen molar-refractivity contribution < 1.29 is 17.6 Å². The van der Waals surface area contributed by atoms with E-state index in [0.29, 0.717) is 17.0 Å². The number of hydrogen-bond donors (Lipinski definition) is 2. The van der Waals surface area contributed by atoms with Gasteiger partial charge in [-0.25, -0.2) is 17.8 Å². The summed E-state index contributed by atoms with van der Waals surface area (Å²) in [7, 11) is -3.65. The van der Waals surface area contributed by atoms with E-state index in [1.165, 1.54) is 12.1 Å². The maximum atomic E-state index is 14.9. The van der Waals surface area contributed by atoms with Gasteiger partial charge in [0.15, 0.2) is 0 Å². The van der Waals surface area contributed by atoms with Gasteiger partial charge in [0.05, 0.1) is 17.9 Å². The Hall–Kier alpha value is -3.46. The Bertz CT molecular complexity index is 1450. The highest BCUT2D eigenvalue weighted by Gasteiger charge is 2.26. The molecule has 214 valence electrons. The predicted octanol–water partition coefficient (Wildman–Crippen LogP) is 5.57. The number of benzene rings is 2. The van der Waals surface area contributed by atoms with Crippen molar-refractivity contribution in [1.29, 1.82) is 0 Å². The molecule has 1 aliphatic heterocycles. The summed E-state index contributed by atoms with van der Waals surface area (Å²) in [6.45, 7) is 10.8. The molecule has 0 saturated carbocycles. The van der Waals surface area contributed by atoms with Crippen molar-refractivity contribution in [2.45, 2.75) is 58.4 Å². The molecule has 2 N–H and O–H groups in total. The van der Waals surface area contributed by atoms with Crippen LogP contribution >= 0.6 is 0 Å². The topological polar surface area (TPSA) is 91.4 Å². The Morgan fingerprint density at radius 2 is 1.73 bits per heavy atom. The van der Waals surface area contributed by atoms with Crippen molar-refractivity contribution in [3.05, 3.63) is 88.9 Å². The van der Waals surface area contributed by atoms with E-state index in [1.54, 1.807) is 6.07 Å². The Morgan fingerprint density at radius 3 is 2.33 bits per heavy atom. The van der Waals surface area contributed by atoms with Crippen molar-refractivity contribution in [2.24, 2.45) is 5.92 Å². The smallest absolute Gasteiger partial charge is 0.232 e. The van der Waals surface area contributed by atoms with Crippen LogP contribution < -0.4 is 14.9 Å². The Labute approximate surface area is 237 Å². The predicted molar refractivity (Wildman–Crippen MR) is 159 cm³/mol. The zero-order valence-electron chi connectivity index (χ0n) is 23.9. The second-order valence-electron chi connectivity index (χ2n) is 11.8. The number of aromatic nitrogens is 1. The maximum Gasteiger partial charge on any atom is 0.232 e. The molecule has 2 heterocycles. The lowest BCUT2D eigenvalue weighted by Gasteiger charge is -2.33. The van der Waals surface area contributed by atoms with Crippen LogP contribution in [0.1, 0.15) is 68.8 Å². The molecule has 1 saturated heterocycles. The second-order valence-corrected chi connectivity index (χ2v) is 13.5. The molecule has 0 aliphatic carbocycles. The average Bonchev–Trinajstić information content (AvgIpc) is 2.89. The molecule has 2 aromatic carbocycles. The first-order chi connectivity index (χ1) is 18.8. The van der Waals surface area contributed by atoms with E-state index in [0.717, 1.165) is 49.3 Å². The zero-order chi connectivity index (χ0) is 29.1. The van der Waals surface area contributed by atoms with Crippen molar-refractivity contribution in [3.63, 3.8) is 0 Å². The van der Waals surface area contributed by atoms with E-state index >= 15 is 0 Å². The monoisotopic (exact) mass is 566 g/mol. The van der Waals surface area contributed by atoms with Gasteiger partial charge in [0.25, 0.3) is 0 Å². The van der Waals surface area contributed by atoms with Crippen LogP contribution in [0.15, 0.2) is 60.7 Å². The number of halogens is 1. The second kappa shape index (κ2) is 12.0. The summed E-state index contributed by atoms with van der Waals surface area (Å²) in [6.07, 6.45) is 3.15. The van der Waals surface area contributed by atoms with Gasteiger partial charge in [-0.05, 0) is 48.1 Å². The molecule has 1 aromatic heterocycles. The van der Waals surface area contributed by atoms with Gasteiger partial charge in [-0.2, -0.15) is 0 Å². The molecule has 7 nitrogen and oxygen atoms in total. The third-order valence-electron chi connectivity index (χ3n) is 7.28. The van der Waals surface area contributed by atoms with Gasteiger partial charge in [0, 0.05) is 36.3 Å². The van der Waals surface area contributed by atoms with E-state index in [-0.39, 0.29) is 23.6 Å². The molecule has 3 aromatic rings. The number of nitrogens with zero attached hydrogens (tertiary/aromatic N) is 2. The number of piperidine rings is 1. The Morgan fingerprint density at radius 1 is 1.05 bits per heavy atom. The molecule has 1 unspecified atom stereocenters. The zero-order valence-corrected chi connectivity index (χ0v) is 24.7. The fraction of sp³-hybridized carbons (Fsp3) is 0.419. The number of carbonyl (C=O) groups is 1. The van der Waals surface area contributed by atoms with Gasteiger partial charge >= 0.3 is 0 Å². The van der Waals surface area contributed by atoms with Crippen molar-refractivity contribution in [1.82, 2.24) is 10.3 Å². The van der Waals surface area contributed by atoms with Gasteiger partial charge in [0.2, 0.25) is 15.9 Å². The normalized spacial score (nSPS) is 15.5. The lowest BCUT2D eigenvalue weighted by molar-refractivity contribution is -0.121. The van der Waals surface area contributed by atoms with Crippen LogP contribution in [0.2, 0.25) is 0 Å². The summed E-state index contributed by atoms with van der Waals surface area (Å²) in [5, 5.41) is 3.08. The molecule has 1 aliphatic rings. The highest BCUT2D eigenvalue weighted by Crippen LogP contribution is 2.31. The van der Waals surface area contributed by atoms with Crippen LogP contribution in [-0.4, -0.2) is 38.7 Å². The molecule has 0 bridgehead atoms. The first-order valence-corrected chi connectivity index (χ1v) is 15.6. The molecule has 1 amide bonds. The minimum absolute atomic E-state index is 0.111. The first-order valence-electron chi connectivity index (χ1n) is 13.7. The minimum Gasteiger partial charge on any atom is -0.356 e. The van der Waals surface area contributed by atoms with Gasteiger partial charge in [-0.3, -0.25) is 9.52 Å². The summed E-state index contributed by atoms with van der Waals surface area (Å²) in [6, 6.07) is 17.4. The highest BCUT2D eigenvalue weighted by molar-refractivity contribution is 7.92. The molecular formula is C31H39FN4O3S. The molecular weight excluding hydrogens is 527 g/mol. The van der Waals surface area contributed by atoms with Crippen LogP contribution in [0, 0.1) is 11.7 Å². The standard InChI is InChI=1S/C31H39FN4O3S/c1-21-15-17-36(18-16-21)29-24(12-14-27(34-29)31(2,3)4)20-33-30(37)28(22-9-7-6-8-10-22)23-11-13-26(25(32)19-23)35-40(5,38)39/h6-14,19,21,28,35H,15-18,20H2,1-5H3,(H,33,37). The Kier molecular flexibility index (Phi) is 8.83. The lowest BCUT2D eigenvalue weighted by Crippen LogP contribution is -2.36. The molecule has 0 radical (unpaired) electrons. The van der Waals surface area contributed by atoms with Gasteiger partial charge < -0.3 is 10.2 Å². The average molecular weight is 567 g/mol. The van der Waals surface area contributed by atoms with Crippen LogP contribution in [0.4, 0.5) is 15.9 Å². The summed E-state index contributed by atoms with van der Waals surface area (Å²) >= 11 is 0. The van der Waals surface area contributed by atoms with E-state index < -0.39 is 21.8 Å². The first kappa shape index (κ1) is 29.5. The van der Waals surface area contributed by atoms with Crippen molar-refractivity contribution in [2.75, 3.05) is 29.0 Å². The van der Waals surface area contributed by atoms with Gasteiger partial charge in [0.1, 0.15) is 11.6 Å². The number of carbonyl (C=O) groups excluding carboxylic acids is 1. The van der Waals surface area contributed by atoms with Crippen molar-refractivity contribution >= 4 is 27.4 Å². The molecule has 0 spiro atoms. The summed E-state index contributed by atoms with van der Waals surface area (Å²) in [5.41, 5.74) is 2.78. The van der Waals surface area contributed by atoms with E-state index in [4.69, 9.17) is 4.98 Å². The van der Waals surface area contributed by atoms with Crippen LogP contribution in [-0.2, 0) is 26.8 Å². The van der Waals surface area contributed by atoms with Crippen molar-refractivity contribution in [3.8, 4) is 0 Å². The number of hydrogen-bond acceptors (Lipinski definition) is 5. The summed E-state index contributed by atoms with van der Waals surface area (Å²) < 4.78 is 40.3.